The maximum Gasteiger partial charge on any atom is 0.323 e. The number of nitrogens with zero attached hydrogens (tertiary/aromatic N) is 16. The molecule has 34 heteroatoms. The number of hydrogen-bond acceptors (Lipinski definition) is 23. The number of hydrogen-bond donors (Lipinski definition) is 9. The number of thiophene rings is 2. The summed E-state index contributed by atoms with van der Waals surface area (Å²) < 4.78 is 47.2. The molecule has 15 rings (SSSR count). The third-order valence-electron chi connectivity index (χ3n) is 14.3. The molecule has 10 aromatic heterocycles. The Labute approximate surface area is 562 Å². The number of anilines is 9. The number of nitrogens with one attached hydrogen (secondary N) is 5. The summed E-state index contributed by atoms with van der Waals surface area (Å²) in [5, 5.41) is 37.6. The summed E-state index contributed by atoms with van der Waals surface area (Å²) in [6.07, 6.45) is 13.4. The second-order valence-corrected chi connectivity index (χ2v) is 24.0. The third kappa shape index (κ3) is 14.7. The largest absolute Gasteiger partial charge is 0.383 e. The smallest absolute Gasteiger partial charge is 0.323 e. The van der Waals surface area contributed by atoms with E-state index < -0.39 is 21.9 Å². The van der Waals surface area contributed by atoms with Crippen molar-refractivity contribution in [3.63, 3.8) is 0 Å². The van der Waals surface area contributed by atoms with E-state index in [1.54, 1.807) is 127 Å². The molecule has 10 heterocycles. The first-order valence-corrected chi connectivity index (χ1v) is 32.6. The summed E-state index contributed by atoms with van der Waals surface area (Å²) in [6, 6.07) is 37.2. The number of para-hydroxylation sites is 1. The number of nitrogens with two attached hydrogens (primary N) is 4. The standard InChI is InChI=1S/C18H14FN7O.C16H12N6OS.C15H12N6O2S2.C15H16N6O/c19-14-3-1-2-4-15(14)25-18(27)24-11-5-7-12(8-6-11)26-17-13(9-23-26)16(20)21-10-22-17;17-14-13-7-20-22(15(13)19-9-18-14)12-3-1-11(2-4-12)21-16(23)10-5-6-24-8-10;16-14-13-7-19-21(15(13)18-9-17-14)11-3-1-10(2-4-11)20-25(22,23)12-5-6-24-8-12;1-2-3-13(22)20-10-4-6-11(7-5-10)21-15-12(8-19-21)14(16)17-9-18-15/h1-10H,(H2,20,21,22)(H2,24,25,27);1-9H,(H,21,23)(H2,17,18,19);1-9,20H,(H2,16,17,18);4-9H,2-3H2,1H3,(H,20,22)(H2,16,17,18). The van der Waals surface area contributed by atoms with Crippen molar-refractivity contribution in [2.45, 2.75) is 24.7 Å². The molecule has 0 aliphatic heterocycles. The molecule has 0 aliphatic carbocycles. The minimum Gasteiger partial charge on any atom is -0.383 e. The number of urea groups is 1. The molecule has 13 N–H and O–H groups in total. The SMILES string of the molecule is CCCC(=O)Nc1ccc(-n2ncc3c(N)ncnc32)cc1.Nc1ncnc2c1cnn2-c1ccc(NC(=O)Nc2ccccc2F)cc1.Nc1ncnc2c1cnn2-c1ccc(NC(=O)c2ccsc2)cc1.Nc1ncnc2c1cnn2-c1ccc(NS(=O)(=O)c2ccsc2)cc1. The highest BCUT2D eigenvalue weighted by Crippen LogP contribution is 2.27. The number of halogens is 1. The van der Waals surface area contributed by atoms with E-state index in [-0.39, 0.29) is 22.4 Å². The van der Waals surface area contributed by atoms with Crippen LogP contribution in [-0.2, 0) is 14.8 Å². The van der Waals surface area contributed by atoms with Crippen LogP contribution in [-0.4, -0.2) is 105 Å². The highest BCUT2D eigenvalue weighted by Gasteiger charge is 2.18. The minimum atomic E-state index is -3.58. The highest BCUT2D eigenvalue weighted by molar-refractivity contribution is 7.92. The Kier molecular flexibility index (Phi) is 19.2. The van der Waals surface area contributed by atoms with Crippen LogP contribution in [0.4, 0.5) is 60.9 Å². The number of sulfonamides is 1. The molecule has 0 spiro atoms. The van der Waals surface area contributed by atoms with Crippen molar-refractivity contribution in [1.29, 1.82) is 0 Å². The molecule has 0 fully saturated rings. The number of rotatable bonds is 14. The Bertz CT molecular complexity index is 5420. The zero-order valence-electron chi connectivity index (χ0n) is 51.2. The van der Waals surface area contributed by atoms with Gasteiger partial charge in [0.2, 0.25) is 5.91 Å². The molecule has 0 aliphatic rings. The lowest BCUT2D eigenvalue weighted by molar-refractivity contribution is -0.116. The average Bonchev–Trinajstić information content (AvgIpc) is 1.67. The number of benzene rings is 5. The van der Waals surface area contributed by atoms with Gasteiger partial charge in [0.15, 0.2) is 22.6 Å². The van der Waals surface area contributed by atoms with Gasteiger partial charge < -0.3 is 44.2 Å². The van der Waals surface area contributed by atoms with Gasteiger partial charge in [-0.25, -0.2) is 76.2 Å². The van der Waals surface area contributed by atoms with Crippen molar-refractivity contribution in [3.05, 3.63) is 216 Å². The quantitative estimate of drug-likeness (QED) is 0.0488. The van der Waals surface area contributed by atoms with E-state index in [9.17, 15) is 27.2 Å². The molecule has 0 radical (unpaired) electrons. The van der Waals surface area contributed by atoms with Crippen LogP contribution in [0.1, 0.15) is 30.1 Å². The molecule has 0 saturated heterocycles. The van der Waals surface area contributed by atoms with Gasteiger partial charge in [-0.1, -0.05) is 19.1 Å². The number of amides is 4. The first-order valence-electron chi connectivity index (χ1n) is 29.3. The second-order valence-electron chi connectivity index (χ2n) is 20.8. The molecule has 5 aromatic carbocycles. The van der Waals surface area contributed by atoms with Crippen molar-refractivity contribution >= 4 is 146 Å². The molecule has 30 nitrogen and oxygen atoms in total. The molecule has 15 aromatic rings. The maximum atomic E-state index is 13.6. The number of aromatic nitrogens is 16. The number of nitrogen functional groups attached to an aromatic ring is 4. The Morgan fingerprint density at radius 3 is 1.23 bits per heavy atom. The first-order chi connectivity index (χ1) is 47.6. The summed E-state index contributed by atoms with van der Waals surface area (Å²) >= 11 is 2.81. The van der Waals surface area contributed by atoms with Crippen LogP contribution in [0.2, 0.25) is 0 Å². The summed E-state index contributed by atoms with van der Waals surface area (Å²) in [4.78, 5) is 68.5. The predicted octanol–water partition coefficient (Wildman–Crippen LogP) is 10.3. The van der Waals surface area contributed by atoms with Gasteiger partial charge in [-0.05, 0) is 139 Å². The van der Waals surface area contributed by atoms with Gasteiger partial charge in [-0.3, -0.25) is 14.3 Å². The van der Waals surface area contributed by atoms with Gasteiger partial charge >= 0.3 is 6.03 Å². The summed E-state index contributed by atoms with van der Waals surface area (Å²) in [6.45, 7) is 1.97. The Morgan fingerprint density at radius 2 is 0.847 bits per heavy atom. The molecule has 0 saturated carbocycles. The van der Waals surface area contributed by atoms with E-state index in [2.05, 4.69) is 86.3 Å². The molecular weight excluding hydrogens is 1310 g/mol. The normalized spacial score (nSPS) is 11.0. The van der Waals surface area contributed by atoms with Crippen molar-refractivity contribution < 1.29 is 27.2 Å². The predicted molar refractivity (Wildman–Crippen MR) is 374 cm³/mol. The molecule has 0 bridgehead atoms. The Balaban J connectivity index is 0.000000125. The van der Waals surface area contributed by atoms with Crippen molar-refractivity contribution in [2.75, 3.05) is 48.9 Å². The van der Waals surface area contributed by atoms with Gasteiger partial charge in [0.1, 0.15) is 54.4 Å². The fraction of sp³-hybridized carbons (Fsp3) is 0.0469. The fourth-order valence-electron chi connectivity index (χ4n) is 9.45. The number of carbonyl (C=O) groups excluding carboxylic acids is 3. The van der Waals surface area contributed by atoms with Crippen LogP contribution in [0.3, 0.4) is 0 Å². The summed E-state index contributed by atoms with van der Waals surface area (Å²) in [7, 11) is -3.58. The third-order valence-corrected chi connectivity index (χ3v) is 17.2. The number of carbonyl (C=O) groups is 3. The second kappa shape index (κ2) is 29.0. The van der Waals surface area contributed by atoms with Crippen LogP contribution in [0, 0.1) is 5.82 Å². The molecular formula is C64H54FN25O5S3. The molecule has 0 atom stereocenters. The highest BCUT2D eigenvalue weighted by atomic mass is 32.2. The zero-order valence-corrected chi connectivity index (χ0v) is 53.6. The molecule has 4 amide bonds. The van der Waals surface area contributed by atoms with Crippen LogP contribution in [0.15, 0.2) is 210 Å². The average molecular weight is 1370 g/mol. The minimum absolute atomic E-state index is 0.0142. The summed E-state index contributed by atoms with van der Waals surface area (Å²) in [5.41, 5.74) is 32.0. The fourth-order valence-corrected chi connectivity index (χ4v) is 12.2. The first kappa shape index (κ1) is 64.9. The van der Waals surface area contributed by atoms with Gasteiger partial charge in [-0.2, -0.15) is 43.1 Å². The van der Waals surface area contributed by atoms with E-state index in [1.165, 1.54) is 60.1 Å². The number of fused-ring (bicyclic) bond motifs is 4. The van der Waals surface area contributed by atoms with Gasteiger partial charge in [0.25, 0.3) is 15.9 Å². The van der Waals surface area contributed by atoms with E-state index in [0.717, 1.165) is 34.9 Å². The monoisotopic (exact) mass is 1370 g/mol. The van der Waals surface area contributed by atoms with Crippen molar-refractivity contribution in [1.82, 2.24) is 79.0 Å². The lowest BCUT2D eigenvalue weighted by Crippen LogP contribution is -2.20. The zero-order chi connectivity index (χ0) is 68.3. The lowest BCUT2D eigenvalue weighted by Gasteiger charge is -2.09. The van der Waals surface area contributed by atoms with Gasteiger partial charge in [0, 0.05) is 39.9 Å². The van der Waals surface area contributed by atoms with Gasteiger partial charge in [0.05, 0.1) is 85.2 Å². The van der Waals surface area contributed by atoms with Crippen LogP contribution in [0.5, 0.6) is 0 Å². The lowest BCUT2D eigenvalue weighted by atomic mass is 10.2. The van der Waals surface area contributed by atoms with Crippen molar-refractivity contribution in [2.24, 2.45) is 0 Å². The topological polar surface area (TPSA) is 424 Å². The van der Waals surface area contributed by atoms with Gasteiger partial charge in [-0.15, -0.1) is 0 Å². The summed E-state index contributed by atoms with van der Waals surface area (Å²) in [5.74, 6) is 0.889. The Morgan fingerprint density at radius 1 is 0.459 bits per heavy atom. The van der Waals surface area contributed by atoms with Crippen LogP contribution < -0.4 is 48.9 Å². The van der Waals surface area contributed by atoms with E-state index in [1.807, 2.05) is 66.2 Å². The molecule has 0 unspecified atom stereocenters. The molecule has 490 valence electrons. The van der Waals surface area contributed by atoms with E-state index in [4.69, 9.17) is 22.9 Å². The van der Waals surface area contributed by atoms with E-state index in [0.29, 0.717) is 96.5 Å². The van der Waals surface area contributed by atoms with Crippen LogP contribution in [0.25, 0.3) is 66.9 Å². The maximum absolute atomic E-state index is 13.6. The van der Waals surface area contributed by atoms with E-state index >= 15 is 0 Å². The van der Waals surface area contributed by atoms with Crippen LogP contribution >= 0.6 is 22.7 Å². The van der Waals surface area contributed by atoms with Crippen molar-refractivity contribution in [3.8, 4) is 22.7 Å². The Hall–Kier alpha value is -13.2. The molecule has 98 heavy (non-hydrogen) atoms.